The minimum atomic E-state index is -0.260. The second-order valence-corrected chi connectivity index (χ2v) is 7.35. The summed E-state index contributed by atoms with van der Waals surface area (Å²) in [6.45, 7) is 2.25. The molecule has 1 aliphatic heterocycles. The molecule has 1 saturated heterocycles. The van der Waals surface area contributed by atoms with E-state index in [1.54, 1.807) is 44.6 Å². The summed E-state index contributed by atoms with van der Waals surface area (Å²) in [6, 6.07) is 9.99. The number of halogens is 2. The minimum Gasteiger partial charge on any atom is -0.493 e. The number of benzene rings is 2. The smallest absolute Gasteiger partial charge is 0.251 e. The second-order valence-electron chi connectivity index (χ2n) is 6.94. The molecule has 1 heterocycles. The number of hydrogen-bond donors (Lipinski definition) is 2. The van der Waals surface area contributed by atoms with Gasteiger partial charge >= 0.3 is 0 Å². The number of methoxy groups -OCH3 is 2. The fourth-order valence-electron chi connectivity index (χ4n) is 3.54. The molecule has 0 aromatic heterocycles. The van der Waals surface area contributed by atoms with Crippen molar-refractivity contribution in [2.75, 3.05) is 27.3 Å². The van der Waals surface area contributed by atoms with E-state index in [4.69, 9.17) is 21.1 Å². The van der Waals surface area contributed by atoms with Gasteiger partial charge in [0, 0.05) is 24.4 Å². The first kappa shape index (κ1) is 20.4. The molecule has 0 atom stereocenters. The van der Waals surface area contributed by atoms with Crippen LogP contribution in [0.4, 0.5) is 4.39 Å². The Morgan fingerprint density at radius 2 is 1.89 bits per heavy atom. The normalized spacial score (nSPS) is 19.1. The zero-order valence-corrected chi connectivity index (χ0v) is 16.8. The van der Waals surface area contributed by atoms with Gasteiger partial charge in [-0.2, -0.15) is 0 Å². The Hall–Kier alpha value is -2.31. The fourth-order valence-corrected chi connectivity index (χ4v) is 3.77. The van der Waals surface area contributed by atoms with Crippen LogP contribution in [0.25, 0.3) is 0 Å². The molecule has 2 N–H and O–H groups in total. The highest BCUT2D eigenvalue weighted by Gasteiger charge is 2.25. The van der Waals surface area contributed by atoms with E-state index in [1.165, 1.54) is 11.0 Å². The van der Waals surface area contributed by atoms with Crippen molar-refractivity contribution in [1.29, 1.82) is 0 Å². The molecule has 5 nitrogen and oxygen atoms in total. The van der Waals surface area contributed by atoms with Crippen LogP contribution in [0.3, 0.4) is 0 Å². The van der Waals surface area contributed by atoms with Gasteiger partial charge in [0.2, 0.25) is 0 Å². The van der Waals surface area contributed by atoms with Crippen LogP contribution in [0.15, 0.2) is 36.4 Å². The molecule has 28 heavy (non-hydrogen) atoms. The number of carbonyl (C=O) groups excluding carboxylic acids is 1. The lowest BCUT2D eigenvalue weighted by Gasteiger charge is -2.30. The highest BCUT2D eigenvalue weighted by atomic mass is 35.5. The molecule has 2 aromatic rings. The lowest BCUT2D eigenvalue weighted by molar-refractivity contribution is -0.919. The van der Waals surface area contributed by atoms with Gasteiger partial charge in [-0.05, 0) is 30.3 Å². The number of nitrogens with one attached hydrogen (secondary N) is 2. The number of carbonyl (C=O) groups is 1. The summed E-state index contributed by atoms with van der Waals surface area (Å²) in [5, 5.41) is 3.55. The highest BCUT2D eigenvalue weighted by Crippen LogP contribution is 2.27. The van der Waals surface area contributed by atoms with Gasteiger partial charge in [-0.1, -0.05) is 17.7 Å². The van der Waals surface area contributed by atoms with Crippen LogP contribution in [0, 0.1) is 5.82 Å². The van der Waals surface area contributed by atoms with E-state index in [-0.39, 0.29) is 17.8 Å². The number of likely N-dealkylation sites (tertiary alicyclic amines) is 1. The van der Waals surface area contributed by atoms with Crippen LogP contribution >= 0.6 is 11.6 Å². The summed E-state index contributed by atoms with van der Waals surface area (Å²) in [4.78, 5) is 13.8. The van der Waals surface area contributed by atoms with Gasteiger partial charge in [-0.3, -0.25) is 4.79 Å². The second kappa shape index (κ2) is 9.26. The van der Waals surface area contributed by atoms with Gasteiger partial charge in [0.15, 0.2) is 11.5 Å². The first-order valence-electron chi connectivity index (χ1n) is 9.31. The molecule has 3 rings (SSSR count). The fraction of sp³-hybridized carbons (Fsp3) is 0.381. The zero-order valence-electron chi connectivity index (χ0n) is 16.1. The van der Waals surface area contributed by atoms with Crippen molar-refractivity contribution in [2.24, 2.45) is 0 Å². The number of ether oxygens (including phenoxy) is 2. The number of piperidine rings is 1. The largest absolute Gasteiger partial charge is 0.493 e. The Bertz CT molecular complexity index is 818. The third-order valence-corrected chi connectivity index (χ3v) is 5.52. The average Bonchev–Trinajstić information content (AvgIpc) is 2.71. The average molecular weight is 408 g/mol. The molecule has 7 heteroatoms. The van der Waals surface area contributed by atoms with Crippen LogP contribution < -0.4 is 19.7 Å². The summed E-state index contributed by atoms with van der Waals surface area (Å²) < 4.78 is 24.4. The topological polar surface area (TPSA) is 52.0 Å². The molecule has 1 fully saturated rings. The van der Waals surface area contributed by atoms with Crippen LogP contribution in [-0.4, -0.2) is 39.3 Å². The summed E-state index contributed by atoms with van der Waals surface area (Å²) in [6.07, 6.45) is 1.67. The van der Waals surface area contributed by atoms with Crippen LogP contribution in [0.1, 0.15) is 28.8 Å². The van der Waals surface area contributed by atoms with Gasteiger partial charge in [0.05, 0.1) is 37.9 Å². The van der Waals surface area contributed by atoms with Crippen molar-refractivity contribution >= 4 is 17.5 Å². The van der Waals surface area contributed by atoms with E-state index in [9.17, 15) is 9.18 Å². The Morgan fingerprint density at radius 1 is 1.18 bits per heavy atom. The van der Waals surface area contributed by atoms with E-state index in [0.29, 0.717) is 34.2 Å². The Morgan fingerprint density at radius 3 is 2.54 bits per heavy atom. The van der Waals surface area contributed by atoms with E-state index < -0.39 is 0 Å². The summed E-state index contributed by atoms with van der Waals surface area (Å²) in [5.74, 6) is 0.717. The van der Waals surface area contributed by atoms with Gasteiger partial charge in [0.1, 0.15) is 12.4 Å². The molecule has 0 aliphatic carbocycles. The third-order valence-electron chi connectivity index (χ3n) is 5.16. The predicted octanol–water partition coefficient (Wildman–Crippen LogP) is 2.47. The van der Waals surface area contributed by atoms with Crippen LogP contribution in [-0.2, 0) is 6.54 Å². The summed E-state index contributed by atoms with van der Waals surface area (Å²) >= 11 is 6.13. The van der Waals surface area contributed by atoms with Gasteiger partial charge in [-0.15, -0.1) is 0 Å². The van der Waals surface area contributed by atoms with Crippen molar-refractivity contribution in [2.45, 2.75) is 25.4 Å². The molecule has 2 aromatic carbocycles. The maximum atomic E-state index is 14.0. The first-order valence-corrected chi connectivity index (χ1v) is 9.69. The SMILES string of the molecule is COc1ccc(C(=O)NC2CC[NH+](Cc3c(F)cccc3Cl)CC2)cc1OC. The van der Waals surface area contributed by atoms with E-state index in [0.717, 1.165) is 25.9 Å². The lowest BCUT2D eigenvalue weighted by Crippen LogP contribution is -3.12. The van der Waals surface area contributed by atoms with E-state index in [1.807, 2.05) is 0 Å². The number of hydrogen-bond acceptors (Lipinski definition) is 3. The molecule has 0 radical (unpaired) electrons. The van der Waals surface area contributed by atoms with E-state index >= 15 is 0 Å². The van der Waals surface area contributed by atoms with Gasteiger partial charge < -0.3 is 19.7 Å². The monoisotopic (exact) mass is 407 g/mol. The van der Waals surface area contributed by atoms with Crippen LogP contribution in [0.2, 0.25) is 5.02 Å². The maximum absolute atomic E-state index is 14.0. The molecular formula is C21H25ClFN2O3+. The van der Waals surface area contributed by atoms with Crippen molar-refractivity contribution < 1.29 is 23.6 Å². The Balaban J connectivity index is 1.55. The molecule has 0 spiro atoms. The number of amides is 1. The molecule has 150 valence electrons. The van der Waals surface area contributed by atoms with Crippen molar-refractivity contribution in [3.05, 3.63) is 58.4 Å². The number of quaternary nitrogens is 1. The molecule has 0 bridgehead atoms. The molecule has 1 amide bonds. The molecule has 0 unspecified atom stereocenters. The van der Waals surface area contributed by atoms with Crippen LogP contribution in [0.5, 0.6) is 11.5 Å². The van der Waals surface area contributed by atoms with Crippen molar-refractivity contribution in [3.8, 4) is 11.5 Å². The van der Waals surface area contributed by atoms with Gasteiger partial charge in [-0.25, -0.2) is 4.39 Å². The maximum Gasteiger partial charge on any atom is 0.251 e. The van der Waals surface area contributed by atoms with Crippen molar-refractivity contribution in [1.82, 2.24) is 5.32 Å². The molecule has 0 saturated carbocycles. The van der Waals surface area contributed by atoms with Gasteiger partial charge in [0.25, 0.3) is 5.91 Å². The zero-order chi connectivity index (χ0) is 20.1. The first-order chi connectivity index (χ1) is 13.5. The third kappa shape index (κ3) is 4.75. The molecule has 1 aliphatic rings. The van der Waals surface area contributed by atoms with Crippen molar-refractivity contribution in [3.63, 3.8) is 0 Å². The predicted molar refractivity (Wildman–Crippen MR) is 106 cm³/mol. The number of rotatable bonds is 6. The lowest BCUT2D eigenvalue weighted by atomic mass is 10.0. The standard InChI is InChI=1S/C21H24ClFN2O3/c1-27-19-7-6-14(12-20(19)28-2)21(26)24-15-8-10-25(11-9-15)13-16-17(22)4-3-5-18(16)23/h3-7,12,15H,8-11,13H2,1-2H3,(H,24,26)/p+1. The highest BCUT2D eigenvalue weighted by molar-refractivity contribution is 6.31. The summed E-state index contributed by atoms with van der Waals surface area (Å²) in [5.41, 5.74) is 1.09. The molecular weight excluding hydrogens is 383 g/mol. The quantitative estimate of drug-likeness (QED) is 0.773. The van der Waals surface area contributed by atoms with E-state index in [2.05, 4.69) is 5.32 Å². The Labute approximate surface area is 169 Å². The summed E-state index contributed by atoms with van der Waals surface area (Å²) in [7, 11) is 3.10. The minimum absolute atomic E-state index is 0.0976. The Kier molecular flexibility index (Phi) is 6.75.